The number of hydrogen-bond acceptors (Lipinski definition) is 5. The fraction of sp³-hybridized carbons (Fsp3) is 0.545. The number of halogens is 4. The Bertz CT molecular complexity index is 1070. The Balaban J connectivity index is 1.45. The highest BCUT2D eigenvalue weighted by Gasteiger charge is 2.32. The monoisotopic (exact) mass is 483 g/mol. The van der Waals surface area contributed by atoms with Crippen molar-refractivity contribution in [2.75, 3.05) is 31.1 Å². The van der Waals surface area contributed by atoms with E-state index in [-0.39, 0.29) is 22.7 Å². The van der Waals surface area contributed by atoms with Gasteiger partial charge in [0, 0.05) is 38.3 Å². The molecule has 1 unspecified atom stereocenters. The first-order chi connectivity index (χ1) is 15.6. The number of hydrogen-bond donors (Lipinski definition) is 0. The van der Waals surface area contributed by atoms with E-state index in [1.165, 1.54) is 6.20 Å². The maximum Gasteiger partial charge on any atom is 0.417 e. The molecule has 0 bridgehead atoms. The van der Waals surface area contributed by atoms with Crippen LogP contribution in [0.3, 0.4) is 0 Å². The predicted octanol–water partition coefficient (Wildman–Crippen LogP) is 3.77. The highest BCUT2D eigenvalue weighted by molar-refractivity contribution is 6.33. The van der Waals surface area contributed by atoms with Crippen molar-refractivity contribution in [1.82, 2.24) is 19.7 Å². The first-order valence-corrected chi connectivity index (χ1v) is 11.4. The molecule has 0 spiro atoms. The van der Waals surface area contributed by atoms with E-state index in [1.54, 1.807) is 0 Å². The lowest BCUT2D eigenvalue weighted by Gasteiger charge is -2.37. The quantitative estimate of drug-likeness (QED) is 0.664. The van der Waals surface area contributed by atoms with E-state index in [0.717, 1.165) is 42.7 Å². The van der Waals surface area contributed by atoms with Gasteiger partial charge in [-0.3, -0.25) is 9.59 Å². The van der Waals surface area contributed by atoms with Gasteiger partial charge >= 0.3 is 6.18 Å². The first-order valence-electron chi connectivity index (χ1n) is 11.0. The van der Waals surface area contributed by atoms with Gasteiger partial charge in [0.1, 0.15) is 5.02 Å². The molecule has 0 saturated carbocycles. The van der Waals surface area contributed by atoms with E-state index in [4.69, 9.17) is 11.6 Å². The van der Waals surface area contributed by atoms with Crippen LogP contribution in [0.15, 0.2) is 29.3 Å². The highest BCUT2D eigenvalue weighted by atomic mass is 35.5. The van der Waals surface area contributed by atoms with Gasteiger partial charge in [-0.2, -0.15) is 23.0 Å². The maximum absolute atomic E-state index is 12.9. The number of rotatable bonds is 3. The fourth-order valence-electron chi connectivity index (χ4n) is 4.50. The minimum absolute atomic E-state index is 0.0463. The van der Waals surface area contributed by atoms with Gasteiger partial charge in [-0.15, -0.1) is 0 Å². The Hall–Kier alpha value is -2.62. The predicted molar refractivity (Wildman–Crippen MR) is 118 cm³/mol. The third-order valence-electron chi connectivity index (χ3n) is 6.35. The molecule has 2 aliphatic heterocycles. The number of anilines is 1. The molecule has 2 aromatic rings. The molecule has 0 aliphatic carbocycles. The van der Waals surface area contributed by atoms with Crippen LogP contribution in [-0.2, 0) is 11.0 Å². The van der Waals surface area contributed by atoms with E-state index in [9.17, 15) is 22.8 Å². The third kappa shape index (κ3) is 5.00. The normalized spacial score (nSPS) is 20.2. The molecule has 0 radical (unpaired) electrons. The van der Waals surface area contributed by atoms with Crippen molar-refractivity contribution in [3.8, 4) is 5.82 Å². The lowest BCUT2D eigenvalue weighted by Crippen LogP contribution is -2.46. The zero-order chi connectivity index (χ0) is 23.8. The summed E-state index contributed by atoms with van der Waals surface area (Å²) < 4.78 is 39.1. The smallest absolute Gasteiger partial charge is 0.369 e. The van der Waals surface area contributed by atoms with Gasteiger partial charge in [-0.25, -0.2) is 4.98 Å². The molecule has 11 heteroatoms. The number of likely N-dealkylation sites (tertiary alicyclic amines) is 1. The second-order valence-corrected chi connectivity index (χ2v) is 9.13. The number of amides is 1. The van der Waals surface area contributed by atoms with Crippen molar-refractivity contribution >= 4 is 23.2 Å². The van der Waals surface area contributed by atoms with Crippen LogP contribution in [0, 0.1) is 11.8 Å². The standard InChI is InChI=1S/C22H25ClF3N5O2/c1-14-3-2-8-30(13-14)20(32)15-6-9-29(10-7-15)17-12-28-31(21(33)19(17)23)18-5-4-16(11-27-18)22(24,25)26/h4-5,11-12,14-15H,2-3,6-10,13H2,1H3. The summed E-state index contributed by atoms with van der Waals surface area (Å²) in [6.45, 7) is 4.91. The third-order valence-corrected chi connectivity index (χ3v) is 6.70. The van der Waals surface area contributed by atoms with Crippen LogP contribution in [-0.4, -0.2) is 51.8 Å². The molecule has 2 saturated heterocycles. The second kappa shape index (κ2) is 9.32. The molecule has 33 heavy (non-hydrogen) atoms. The van der Waals surface area contributed by atoms with E-state index in [2.05, 4.69) is 17.0 Å². The lowest BCUT2D eigenvalue weighted by atomic mass is 9.92. The molecule has 0 aromatic carbocycles. The molecule has 1 amide bonds. The molecular weight excluding hydrogens is 459 g/mol. The fourth-order valence-corrected chi connectivity index (χ4v) is 4.75. The van der Waals surface area contributed by atoms with Gasteiger partial charge in [-0.1, -0.05) is 18.5 Å². The SMILES string of the molecule is CC1CCCN(C(=O)C2CCN(c3cnn(-c4ccc(C(F)(F)F)cn4)c(=O)c3Cl)CC2)C1. The summed E-state index contributed by atoms with van der Waals surface area (Å²) in [7, 11) is 0. The second-order valence-electron chi connectivity index (χ2n) is 8.76. The van der Waals surface area contributed by atoms with Gasteiger partial charge in [0.15, 0.2) is 5.82 Å². The van der Waals surface area contributed by atoms with Gasteiger partial charge in [0.05, 0.1) is 17.4 Å². The van der Waals surface area contributed by atoms with Crippen LogP contribution in [0.4, 0.5) is 18.9 Å². The van der Waals surface area contributed by atoms with Crippen LogP contribution < -0.4 is 10.5 Å². The number of nitrogens with zero attached hydrogens (tertiary/aromatic N) is 5. The molecular formula is C22H25ClF3N5O2. The molecule has 4 rings (SSSR count). The molecule has 178 valence electrons. The zero-order valence-electron chi connectivity index (χ0n) is 18.2. The summed E-state index contributed by atoms with van der Waals surface area (Å²) in [6, 6.07) is 1.91. The average Bonchev–Trinajstić information content (AvgIpc) is 2.80. The van der Waals surface area contributed by atoms with Gasteiger partial charge < -0.3 is 9.80 Å². The van der Waals surface area contributed by atoms with Crippen LogP contribution >= 0.6 is 11.6 Å². The summed E-state index contributed by atoms with van der Waals surface area (Å²) >= 11 is 6.32. The van der Waals surface area contributed by atoms with Crippen molar-refractivity contribution in [1.29, 1.82) is 0 Å². The molecule has 2 aliphatic rings. The first kappa shape index (κ1) is 23.5. The molecule has 0 N–H and O–H groups in total. The van der Waals surface area contributed by atoms with Crippen molar-refractivity contribution in [2.45, 2.75) is 38.8 Å². The molecule has 1 atom stereocenters. The Labute approximate surface area is 194 Å². The summed E-state index contributed by atoms with van der Waals surface area (Å²) in [4.78, 5) is 33.2. The van der Waals surface area contributed by atoms with Gasteiger partial charge in [0.2, 0.25) is 5.91 Å². The number of piperidine rings is 2. The highest BCUT2D eigenvalue weighted by Crippen LogP contribution is 2.30. The molecule has 2 aromatic heterocycles. The summed E-state index contributed by atoms with van der Waals surface area (Å²) in [5.41, 5.74) is -1.14. The minimum atomic E-state index is -4.52. The van der Waals surface area contributed by atoms with Gasteiger partial charge in [0.25, 0.3) is 5.56 Å². The average molecular weight is 484 g/mol. The van der Waals surface area contributed by atoms with Crippen LogP contribution in [0.5, 0.6) is 0 Å². The Kier molecular flexibility index (Phi) is 6.65. The molecule has 4 heterocycles. The lowest BCUT2D eigenvalue weighted by molar-refractivity contribution is -0.138. The summed E-state index contributed by atoms with van der Waals surface area (Å²) in [6.07, 6.45) is 1.05. The number of alkyl halides is 3. The Morgan fingerprint density at radius 3 is 2.45 bits per heavy atom. The van der Waals surface area contributed by atoms with E-state index in [0.29, 0.717) is 43.7 Å². The summed E-state index contributed by atoms with van der Waals surface area (Å²) in [5.74, 6) is 0.629. The largest absolute Gasteiger partial charge is 0.417 e. The topological polar surface area (TPSA) is 71.3 Å². The molecule has 2 fully saturated rings. The zero-order valence-corrected chi connectivity index (χ0v) is 18.9. The molecule has 7 nitrogen and oxygen atoms in total. The number of carbonyl (C=O) groups is 1. The maximum atomic E-state index is 12.9. The number of pyridine rings is 1. The Morgan fingerprint density at radius 1 is 1.12 bits per heavy atom. The van der Waals surface area contributed by atoms with Crippen molar-refractivity contribution < 1.29 is 18.0 Å². The Morgan fingerprint density at radius 2 is 1.85 bits per heavy atom. The minimum Gasteiger partial charge on any atom is -0.369 e. The number of aromatic nitrogens is 3. The van der Waals surface area contributed by atoms with E-state index in [1.807, 2.05) is 9.80 Å². The van der Waals surface area contributed by atoms with Crippen molar-refractivity contribution in [2.24, 2.45) is 11.8 Å². The van der Waals surface area contributed by atoms with Crippen LogP contribution in [0.1, 0.15) is 38.2 Å². The summed E-state index contributed by atoms with van der Waals surface area (Å²) in [5, 5.41) is 3.99. The van der Waals surface area contributed by atoms with Crippen molar-refractivity contribution in [3.05, 3.63) is 45.5 Å². The van der Waals surface area contributed by atoms with Crippen molar-refractivity contribution in [3.63, 3.8) is 0 Å². The van der Waals surface area contributed by atoms with E-state index >= 15 is 0 Å². The van der Waals surface area contributed by atoms with Gasteiger partial charge in [-0.05, 0) is 43.7 Å². The van der Waals surface area contributed by atoms with Crippen LogP contribution in [0.2, 0.25) is 5.02 Å². The van der Waals surface area contributed by atoms with E-state index < -0.39 is 17.3 Å². The van der Waals surface area contributed by atoms with Crippen LogP contribution in [0.25, 0.3) is 5.82 Å². The number of carbonyl (C=O) groups excluding carboxylic acids is 1.